The second-order valence-corrected chi connectivity index (χ2v) is 10.1. The van der Waals surface area contributed by atoms with E-state index in [1.165, 1.54) is 11.3 Å². The molecule has 0 N–H and O–H groups in total. The second-order valence-electron chi connectivity index (χ2n) is 10.1. The van der Waals surface area contributed by atoms with Crippen molar-refractivity contribution in [2.45, 2.75) is 64.6 Å². The first kappa shape index (κ1) is 21.6. The summed E-state index contributed by atoms with van der Waals surface area (Å²) in [7, 11) is 0. The Morgan fingerprint density at radius 2 is 1.73 bits per heavy atom. The third kappa shape index (κ3) is 4.36. The Balaban J connectivity index is 1.24. The molecule has 7 nitrogen and oxygen atoms in total. The summed E-state index contributed by atoms with van der Waals surface area (Å²) in [6.45, 7) is 8.53. The number of hydrogen-bond donors (Lipinski definition) is 0. The maximum absolute atomic E-state index is 12.7. The van der Waals surface area contributed by atoms with Crippen LogP contribution in [0.3, 0.4) is 0 Å². The molecule has 7 heteroatoms. The molecule has 2 bridgehead atoms. The fourth-order valence-corrected chi connectivity index (χ4v) is 5.12. The Kier molecular flexibility index (Phi) is 5.43. The zero-order valence-corrected chi connectivity index (χ0v) is 19.5. The normalized spacial score (nSPS) is 21.4. The molecular formula is C26H31N3O4. The number of fused-ring (bicyclic) bond motifs is 3. The van der Waals surface area contributed by atoms with Gasteiger partial charge in [-0.05, 0) is 49.9 Å². The number of likely N-dealkylation sites (tertiary alicyclic amines) is 1. The summed E-state index contributed by atoms with van der Waals surface area (Å²) in [5.74, 6) is 0. The van der Waals surface area contributed by atoms with Crippen LogP contribution in [0.4, 0.5) is 15.3 Å². The molecule has 2 atom stereocenters. The van der Waals surface area contributed by atoms with Crippen molar-refractivity contribution >= 4 is 17.9 Å². The van der Waals surface area contributed by atoms with Gasteiger partial charge in [0.15, 0.2) is 0 Å². The zero-order chi connectivity index (χ0) is 23.2. The third-order valence-corrected chi connectivity index (χ3v) is 6.60. The molecule has 2 aromatic carbocycles. The van der Waals surface area contributed by atoms with Crippen LogP contribution in [0.15, 0.2) is 48.5 Å². The summed E-state index contributed by atoms with van der Waals surface area (Å²) in [4.78, 5) is 31.3. The molecule has 0 radical (unpaired) electrons. The summed E-state index contributed by atoms with van der Waals surface area (Å²) in [6.07, 6.45) is 0.437. The lowest BCUT2D eigenvalue weighted by Crippen LogP contribution is -2.50. The highest BCUT2D eigenvalue weighted by molar-refractivity contribution is 5.73. The Labute approximate surface area is 194 Å². The molecule has 2 fully saturated rings. The first-order chi connectivity index (χ1) is 15.8. The highest BCUT2D eigenvalue weighted by atomic mass is 16.6. The summed E-state index contributed by atoms with van der Waals surface area (Å²) in [5, 5.41) is 0. The van der Waals surface area contributed by atoms with E-state index in [1.54, 1.807) is 4.90 Å². The summed E-state index contributed by atoms with van der Waals surface area (Å²) < 4.78 is 11.1. The van der Waals surface area contributed by atoms with E-state index in [-0.39, 0.29) is 30.9 Å². The highest BCUT2D eigenvalue weighted by Gasteiger charge is 2.47. The van der Waals surface area contributed by atoms with Crippen LogP contribution < -0.4 is 4.90 Å². The van der Waals surface area contributed by atoms with Gasteiger partial charge in [-0.2, -0.15) is 0 Å². The predicted octanol–water partition coefficient (Wildman–Crippen LogP) is 4.54. The van der Waals surface area contributed by atoms with Gasteiger partial charge in [-0.15, -0.1) is 0 Å². The third-order valence-electron chi connectivity index (χ3n) is 6.60. The number of rotatable bonds is 3. The van der Waals surface area contributed by atoms with Crippen LogP contribution in [0.2, 0.25) is 0 Å². The molecule has 3 aliphatic rings. The molecule has 3 heterocycles. The monoisotopic (exact) mass is 449 g/mol. The lowest BCUT2D eigenvalue weighted by Gasteiger charge is -2.37. The van der Waals surface area contributed by atoms with Gasteiger partial charge in [-0.1, -0.05) is 42.5 Å². The number of piperazine rings is 1. The minimum atomic E-state index is -0.489. The number of carbonyl (C=O) groups is 2. The van der Waals surface area contributed by atoms with Crippen LogP contribution in [0, 0.1) is 0 Å². The zero-order valence-electron chi connectivity index (χ0n) is 19.5. The van der Waals surface area contributed by atoms with E-state index in [0.717, 1.165) is 24.1 Å². The fraction of sp³-hybridized carbons (Fsp3) is 0.462. The molecule has 2 amide bonds. The lowest BCUT2D eigenvalue weighted by molar-refractivity contribution is 0.0214. The SMILES string of the molecule is CC(C)(C)OC(=O)N1CC2CC1CN2c1cccc2c1CN(C(=O)OCc1ccccc1)C2. The predicted molar refractivity (Wildman–Crippen MR) is 125 cm³/mol. The van der Waals surface area contributed by atoms with E-state index in [4.69, 9.17) is 9.47 Å². The van der Waals surface area contributed by atoms with E-state index in [2.05, 4.69) is 23.1 Å². The van der Waals surface area contributed by atoms with Gasteiger partial charge in [-0.25, -0.2) is 9.59 Å². The van der Waals surface area contributed by atoms with E-state index in [9.17, 15) is 9.59 Å². The van der Waals surface area contributed by atoms with Gasteiger partial charge in [0.05, 0.1) is 12.6 Å². The van der Waals surface area contributed by atoms with Crippen molar-refractivity contribution in [1.29, 1.82) is 0 Å². The number of carbonyl (C=O) groups excluding carboxylic acids is 2. The smallest absolute Gasteiger partial charge is 0.410 e. The number of nitrogens with zero attached hydrogens (tertiary/aromatic N) is 3. The fourth-order valence-electron chi connectivity index (χ4n) is 5.12. The average Bonchev–Trinajstić information content (AvgIpc) is 3.50. The molecule has 174 valence electrons. The van der Waals surface area contributed by atoms with Crippen LogP contribution in [0.1, 0.15) is 43.9 Å². The maximum Gasteiger partial charge on any atom is 0.410 e. The van der Waals surface area contributed by atoms with Crippen molar-refractivity contribution in [1.82, 2.24) is 9.80 Å². The van der Waals surface area contributed by atoms with Crippen molar-refractivity contribution in [2.75, 3.05) is 18.0 Å². The minimum Gasteiger partial charge on any atom is -0.445 e. The molecule has 2 aromatic rings. The lowest BCUT2D eigenvalue weighted by atomic mass is 10.1. The van der Waals surface area contributed by atoms with Gasteiger partial charge < -0.3 is 19.3 Å². The van der Waals surface area contributed by atoms with Gasteiger partial charge in [0.2, 0.25) is 0 Å². The Bertz CT molecular complexity index is 1050. The quantitative estimate of drug-likeness (QED) is 0.689. The average molecular weight is 450 g/mol. The van der Waals surface area contributed by atoms with Crippen molar-refractivity contribution < 1.29 is 19.1 Å². The van der Waals surface area contributed by atoms with Gasteiger partial charge in [-0.3, -0.25) is 4.90 Å². The van der Waals surface area contributed by atoms with E-state index < -0.39 is 5.60 Å². The van der Waals surface area contributed by atoms with E-state index in [1.807, 2.05) is 56.0 Å². The summed E-state index contributed by atoms with van der Waals surface area (Å²) in [5.41, 5.74) is 4.01. The first-order valence-corrected chi connectivity index (χ1v) is 11.6. The van der Waals surface area contributed by atoms with Gasteiger partial charge in [0, 0.05) is 31.4 Å². The number of hydrogen-bond acceptors (Lipinski definition) is 5. The molecule has 5 rings (SSSR count). The van der Waals surface area contributed by atoms with Crippen molar-refractivity contribution in [3.8, 4) is 0 Å². The minimum absolute atomic E-state index is 0.161. The largest absolute Gasteiger partial charge is 0.445 e. The topological polar surface area (TPSA) is 62.3 Å². The van der Waals surface area contributed by atoms with Crippen LogP contribution in [-0.2, 0) is 29.2 Å². The number of ether oxygens (including phenoxy) is 2. The van der Waals surface area contributed by atoms with Crippen LogP contribution in [0.5, 0.6) is 0 Å². The molecule has 3 aliphatic heterocycles. The van der Waals surface area contributed by atoms with Crippen molar-refractivity contribution in [3.63, 3.8) is 0 Å². The molecule has 0 aromatic heterocycles. The maximum atomic E-state index is 12.7. The molecule has 2 unspecified atom stereocenters. The van der Waals surface area contributed by atoms with Gasteiger partial charge >= 0.3 is 12.2 Å². The Morgan fingerprint density at radius 3 is 2.42 bits per heavy atom. The standard InChI is InChI=1S/C26H31N3O4/c1-26(2,3)33-25(31)29-15-20-12-21(29)14-28(20)23-11-7-10-19-13-27(16-22(19)23)24(30)32-17-18-8-5-4-6-9-18/h4-11,20-21H,12-17H2,1-3H3. The molecule has 0 aliphatic carbocycles. The molecule has 33 heavy (non-hydrogen) atoms. The Hall–Kier alpha value is -3.22. The summed E-state index contributed by atoms with van der Waals surface area (Å²) >= 11 is 0. The van der Waals surface area contributed by atoms with E-state index >= 15 is 0 Å². The highest BCUT2D eigenvalue weighted by Crippen LogP contribution is 2.40. The van der Waals surface area contributed by atoms with Gasteiger partial charge in [0.1, 0.15) is 12.2 Å². The molecule has 0 spiro atoms. The number of benzene rings is 2. The van der Waals surface area contributed by atoms with Crippen LogP contribution in [-0.4, -0.2) is 52.8 Å². The number of amides is 2. The van der Waals surface area contributed by atoms with Gasteiger partial charge in [0.25, 0.3) is 0 Å². The number of anilines is 1. The second kappa shape index (κ2) is 8.28. The van der Waals surface area contributed by atoms with E-state index in [0.29, 0.717) is 19.6 Å². The first-order valence-electron chi connectivity index (χ1n) is 11.6. The molecular weight excluding hydrogens is 418 g/mol. The van der Waals surface area contributed by atoms with Crippen LogP contribution >= 0.6 is 0 Å². The van der Waals surface area contributed by atoms with Crippen molar-refractivity contribution in [2.24, 2.45) is 0 Å². The Morgan fingerprint density at radius 1 is 0.939 bits per heavy atom. The van der Waals surface area contributed by atoms with Crippen molar-refractivity contribution in [3.05, 3.63) is 65.2 Å². The molecule has 0 saturated carbocycles. The molecule has 2 saturated heterocycles. The van der Waals surface area contributed by atoms with Crippen LogP contribution in [0.25, 0.3) is 0 Å². The summed E-state index contributed by atoms with van der Waals surface area (Å²) in [6, 6.07) is 16.4.